The zero-order valence-electron chi connectivity index (χ0n) is 19.4. The standard InChI is InChI=1S/C29H22ClNO4S/c1-34-26-15-19(11-13-25(26)35-18-23-8-4-5-9-24(23)30)16-27-28(32)31(29(33)36-27)17-20-10-12-21-6-2-3-7-22(21)14-20/h2-16H,17-18H2,1H3/b27-16-. The van der Waals surface area contributed by atoms with E-state index in [1.807, 2.05) is 72.8 Å². The van der Waals surface area contributed by atoms with Crippen molar-refractivity contribution in [2.75, 3.05) is 7.11 Å². The lowest BCUT2D eigenvalue weighted by Crippen LogP contribution is -2.27. The Morgan fingerprint density at radius 3 is 2.47 bits per heavy atom. The van der Waals surface area contributed by atoms with Crippen LogP contribution in [-0.4, -0.2) is 23.2 Å². The van der Waals surface area contributed by atoms with Crippen LogP contribution in [0.1, 0.15) is 16.7 Å². The smallest absolute Gasteiger partial charge is 0.293 e. The molecule has 1 saturated heterocycles. The monoisotopic (exact) mass is 515 g/mol. The van der Waals surface area contributed by atoms with Crippen LogP contribution in [0.15, 0.2) is 89.8 Å². The number of hydrogen-bond acceptors (Lipinski definition) is 5. The first-order valence-electron chi connectivity index (χ1n) is 11.3. The number of nitrogens with zero attached hydrogens (tertiary/aromatic N) is 1. The fraction of sp³-hybridized carbons (Fsp3) is 0.103. The molecule has 5 rings (SSSR count). The van der Waals surface area contributed by atoms with Crippen molar-refractivity contribution in [2.45, 2.75) is 13.2 Å². The third kappa shape index (κ3) is 5.10. The Bertz CT molecular complexity index is 1500. The molecule has 0 atom stereocenters. The summed E-state index contributed by atoms with van der Waals surface area (Å²) in [5.41, 5.74) is 2.50. The van der Waals surface area contributed by atoms with Crippen LogP contribution >= 0.6 is 23.4 Å². The van der Waals surface area contributed by atoms with Gasteiger partial charge in [-0.25, -0.2) is 0 Å². The van der Waals surface area contributed by atoms with Gasteiger partial charge in [0.2, 0.25) is 0 Å². The lowest BCUT2D eigenvalue weighted by molar-refractivity contribution is -0.123. The molecule has 1 aliphatic rings. The van der Waals surface area contributed by atoms with E-state index in [4.69, 9.17) is 21.1 Å². The van der Waals surface area contributed by atoms with Gasteiger partial charge in [0.1, 0.15) is 6.61 Å². The van der Waals surface area contributed by atoms with Crippen LogP contribution in [-0.2, 0) is 17.9 Å². The maximum Gasteiger partial charge on any atom is 0.293 e. The number of imide groups is 1. The average Bonchev–Trinajstić information content (AvgIpc) is 3.15. The van der Waals surface area contributed by atoms with Gasteiger partial charge in [0, 0.05) is 10.6 Å². The maximum absolute atomic E-state index is 13.0. The summed E-state index contributed by atoms with van der Waals surface area (Å²) in [6.45, 7) is 0.522. The number of amides is 2. The van der Waals surface area contributed by atoms with Crippen molar-refractivity contribution in [1.82, 2.24) is 4.90 Å². The van der Waals surface area contributed by atoms with Crippen molar-refractivity contribution >= 4 is 51.4 Å². The Labute approximate surface area is 218 Å². The SMILES string of the molecule is COc1cc(/C=C2\SC(=O)N(Cc3ccc4ccccc4c3)C2=O)ccc1OCc1ccccc1Cl. The highest BCUT2D eigenvalue weighted by atomic mass is 35.5. The van der Waals surface area contributed by atoms with E-state index in [1.54, 1.807) is 25.3 Å². The number of rotatable bonds is 7. The minimum atomic E-state index is -0.309. The fourth-order valence-electron chi connectivity index (χ4n) is 3.97. The number of carbonyl (C=O) groups excluding carboxylic acids is 2. The Balaban J connectivity index is 1.31. The molecule has 0 radical (unpaired) electrons. The molecular weight excluding hydrogens is 494 g/mol. The number of thioether (sulfide) groups is 1. The molecule has 1 fully saturated rings. The van der Waals surface area contributed by atoms with E-state index in [-0.39, 0.29) is 17.7 Å². The second kappa shape index (κ2) is 10.5. The van der Waals surface area contributed by atoms with E-state index in [0.717, 1.165) is 39.2 Å². The lowest BCUT2D eigenvalue weighted by Gasteiger charge is -2.13. The minimum Gasteiger partial charge on any atom is -0.493 e. The van der Waals surface area contributed by atoms with E-state index >= 15 is 0 Å². The van der Waals surface area contributed by atoms with E-state index in [9.17, 15) is 9.59 Å². The van der Waals surface area contributed by atoms with Crippen LogP contribution in [0.2, 0.25) is 5.02 Å². The van der Waals surface area contributed by atoms with Crippen molar-refractivity contribution in [3.8, 4) is 11.5 Å². The highest BCUT2D eigenvalue weighted by molar-refractivity contribution is 8.18. The summed E-state index contributed by atoms with van der Waals surface area (Å²) >= 11 is 7.15. The molecule has 0 N–H and O–H groups in total. The molecule has 0 aliphatic carbocycles. The summed E-state index contributed by atoms with van der Waals surface area (Å²) < 4.78 is 11.4. The summed E-state index contributed by atoms with van der Waals surface area (Å²) in [6, 6.07) is 26.8. The highest BCUT2D eigenvalue weighted by Gasteiger charge is 2.35. The van der Waals surface area contributed by atoms with Crippen molar-refractivity contribution in [2.24, 2.45) is 0 Å². The quantitative estimate of drug-likeness (QED) is 0.241. The highest BCUT2D eigenvalue weighted by Crippen LogP contribution is 2.36. The first-order chi connectivity index (χ1) is 17.5. The summed E-state index contributed by atoms with van der Waals surface area (Å²) in [5.74, 6) is 0.765. The number of halogens is 1. The maximum atomic E-state index is 13.0. The summed E-state index contributed by atoms with van der Waals surface area (Å²) in [4.78, 5) is 27.3. The Hall–Kier alpha value is -3.74. The van der Waals surface area contributed by atoms with Gasteiger partial charge in [-0.15, -0.1) is 0 Å². The minimum absolute atomic E-state index is 0.227. The predicted molar refractivity (Wildman–Crippen MR) is 144 cm³/mol. The van der Waals surface area contributed by atoms with Gasteiger partial charge in [0.25, 0.3) is 11.1 Å². The largest absolute Gasteiger partial charge is 0.493 e. The van der Waals surface area contributed by atoms with Crippen LogP contribution in [0.25, 0.3) is 16.8 Å². The molecule has 4 aromatic rings. The number of methoxy groups -OCH3 is 1. The second-order valence-corrected chi connectivity index (χ2v) is 9.64. The van der Waals surface area contributed by atoms with Crippen LogP contribution in [0.3, 0.4) is 0 Å². The van der Waals surface area contributed by atoms with Gasteiger partial charge in [-0.1, -0.05) is 72.3 Å². The van der Waals surface area contributed by atoms with Crippen molar-refractivity contribution in [3.05, 3.63) is 112 Å². The molecule has 4 aromatic carbocycles. The number of fused-ring (bicyclic) bond motifs is 1. The molecule has 0 unspecified atom stereocenters. The molecule has 1 heterocycles. The van der Waals surface area contributed by atoms with Gasteiger partial charge < -0.3 is 9.47 Å². The molecule has 0 aromatic heterocycles. The van der Waals surface area contributed by atoms with Crippen molar-refractivity contribution in [3.63, 3.8) is 0 Å². The van der Waals surface area contributed by atoms with Crippen molar-refractivity contribution < 1.29 is 19.1 Å². The first kappa shape index (κ1) is 24.0. The second-order valence-electron chi connectivity index (χ2n) is 8.24. The average molecular weight is 516 g/mol. The normalized spacial score (nSPS) is 14.6. The number of hydrogen-bond donors (Lipinski definition) is 0. The number of benzene rings is 4. The third-order valence-corrected chi connectivity index (χ3v) is 7.13. The zero-order chi connectivity index (χ0) is 25.1. The van der Waals surface area contributed by atoms with Crippen LogP contribution in [0.4, 0.5) is 4.79 Å². The Morgan fingerprint density at radius 1 is 0.889 bits per heavy atom. The van der Waals surface area contributed by atoms with E-state index in [2.05, 4.69) is 0 Å². The van der Waals surface area contributed by atoms with Gasteiger partial charge in [0.05, 0.1) is 18.6 Å². The summed E-state index contributed by atoms with van der Waals surface area (Å²) in [7, 11) is 1.55. The molecule has 5 nitrogen and oxygen atoms in total. The van der Waals surface area contributed by atoms with E-state index in [1.165, 1.54) is 4.90 Å². The fourth-order valence-corrected chi connectivity index (χ4v) is 5.00. The molecular formula is C29H22ClNO4S. The summed E-state index contributed by atoms with van der Waals surface area (Å²) in [6.07, 6.45) is 1.70. The molecule has 0 saturated carbocycles. The first-order valence-corrected chi connectivity index (χ1v) is 12.5. The number of ether oxygens (including phenoxy) is 2. The Morgan fingerprint density at radius 2 is 1.67 bits per heavy atom. The topological polar surface area (TPSA) is 55.8 Å². The zero-order valence-corrected chi connectivity index (χ0v) is 21.0. The van der Waals surface area contributed by atoms with E-state index in [0.29, 0.717) is 28.0 Å². The molecule has 36 heavy (non-hydrogen) atoms. The summed E-state index contributed by atoms with van der Waals surface area (Å²) in [5, 5.41) is 2.53. The van der Waals surface area contributed by atoms with Gasteiger partial charge in [-0.2, -0.15) is 0 Å². The van der Waals surface area contributed by atoms with Gasteiger partial charge in [-0.3, -0.25) is 14.5 Å². The lowest BCUT2D eigenvalue weighted by atomic mass is 10.1. The predicted octanol–water partition coefficient (Wildman–Crippen LogP) is 7.32. The van der Waals surface area contributed by atoms with Crippen LogP contribution in [0, 0.1) is 0 Å². The molecule has 2 amide bonds. The third-order valence-electron chi connectivity index (χ3n) is 5.85. The molecule has 1 aliphatic heterocycles. The Kier molecular flexibility index (Phi) is 6.98. The van der Waals surface area contributed by atoms with E-state index < -0.39 is 0 Å². The molecule has 0 spiro atoms. The molecule has 180 valence electrons. The van der Waals surface area contributed by atoms with Crippen molar-refractivity contribution in [1.29, 1.82) is 0 Å². The van der Waals surface area contributed by atoms with Gasteiger partial charge >= 0.3 is 0 Å². The molecule has 7 heteroatoms. The molecule has 0 bridgehead atoms. The van der Waals surface area contributed by atoms with Gasteiger partial charge in [-0.05, 0) is 64.0 Å². The number of carbonyl (C=O) groups is 2. The van der Waals surface area contributed by atoms with Crippen LogP contribution < -0.4 is 9.47 Å². The van der Waals surface area contributed by atoms with Gasteiger partial charge in [0.15, 0.2) is 11.5 Å². The van der Waals surface area contributed by atoms with Crippen LogP contribution in [0.5, 0.6) is 11.5 Å².